The van der Waals surface area contributed by atoms with Gasteiger partial charge in [0.1, 0.15) is 0 Å². The number of aryl methyl sites for hydroxylation is 1. The van der Waals surface area contributed by atoms with Gasteiger partial charge in [0.15, 0.2) is 0 Å². The first-order chi connectivity index (χ1) is 7.94. The minimum Gasteiger partial charge on any atom is -0.382 e. The summed E-state index contributed by atoms with van der Waals surface area (Å²) in [6.45, 7) is 9.30. The molecule has 0 aromatic heterocycles. The van der Waals surface area contributed by atoms with Crippen LogP contribution in [0.3, 0.4) is 0 Å². The molecule has 1 aliphatic rings. The van der Waals surface area contributed by atoms with E-state index in [2.05, 4.69) is 57.3 Å². The van der Waals surface area contributed by atoms with Gasteiger partial charge < -0.3 is 5.32 Å². The maximum atomic E-state index is 3.69. The summed E-state index contributed by atoms with van der Waals surface area (Å²) >= 11 is 0. The summed E-state index contributed by atoms with van der Waals surface area (Å²) in [6.07, 6.45) is 3.95. The number of nitrogens with one attached hydrogen (secondary N) is 1. The predicted molar refractivity (Wildman–Crippen MR) is 75.4 cm³/mol. The maximum Gasteiger partial charge on any atom is 0.0342 e. The SMILES string of the molecule is Cc1ccc(NC2CC(C)CC(C)(C)C2)cc1. The van der Waals surface area contributed by atoms with Crippen LogP contribution in [0.25, 0.3) is 0 Å². The second-order valence-electron chi connectivity index (χ2n) is 6.62. The Morgan fingerprint density at radius 3 is 2.35 bits per heavy atom. The van der Waals surface area contributed by atoms with E-state index in [0.29, 0.717) is 11.5 Å². The van der Waals surface area contributed by atoms with Crippen molar-refractivity contribution >= 4 is 5.69 Å². The molecule has 0 amide bonds. The van der Waals surface area contributed by atoms with Crippen molar-refractivity contribution < 1.29 is 0 Å². The molecular weight excluding hydrogens is 206 g/mol. The smallest absolute Gasteiger partial charge is 0.0342 e. The van der Waals surface area contributed by atoms with E-state index in [0.717, 1.165) is 5.92 Å². The fraction of sp³-hybridized carbons (Fsp3) is 0.625. The van der Waals surface area contributed by atoms with Crippen molar-refractivity contribution in [3.63, 3.8) is 0 Å². The molecule has 1 aliphatic carbocycles. The van der Waals surface area contributed by atoms with Gasteiger partial charge in [-0.15, -0.1) is 0 Å². The number of benzene rings is 1. The van der Waals surface area contributed by atoms with Crippen LogP contribution in [0.1, 0.15) is 45.6 Å². The Labute approximate surface area is 106 Å². The van der Waals surface area contributed by atoms with Crippen LogP contribution < -0.4 is 5.32 Å². The number of hydrogen-bond acceptors (Lipinski definition) is 1. The summed E-state index contributed by atoms with van der Waals surface area (Å²) in [5.74, 6) is 0.835. The van der Waals surface area contributed by atoms with Gasteiger partial charge in [0.05, 0.1) is 0 Å². The van der Waals surface area contributed by atoms with Gasteiger partial charge >= 0.3 is 0 Å². The molecule has 0 bridgehead atoms. The first kappa shape index (κ1) is 12.5. The van der Waals surface area contributed by atoms with Crippen molar-refractivity contribution in [1.82, 2.24) is 0 Å². The second-order valence-corrected chi connectivity index (χ2v) is 6.62. The molecule has 17 heavy (non-hydrogen) atoms. The number of anilines is 1. The second kappa shape index (κ2) is 4.72. The Morgan fingerprint density at radius 1 is 1.12 bits per heavy atom. The van der Waals surface area contributed by atoms with E-state index in [1.54, 1.807) is 0 Å². The Kier molecular flexibility index (Phi) is 3.46. The Hall–Kier alpha value is -0.980. The number of rotatable bonds is 2. The molecule has 0 spiro atoms. The van der Waals surface area contributed by atoms with E-state index in [1.807, 2.05) is 0 Å². The first-order valence-corrected chi connectivity index (χ1v) is 6.78. The maximum absolute atomic E-state index is 3.69. The summed E-state index contributed by atoms with van der Waals surface area (Å²) in [4.78, 5) is 0. The molecule has 1 aromatic carbocycles. The highest BCUT2D eigenvalue weighted by Gasteiger charge is 2.31. The fourth-order valence-corrected chi connectivity index (χ4v) is 3.34. The zero-order valence-electron chi connectivity index (χ0n) is 11.6. The molecule has 1 heteroatoms. The van der Waals surface area contributed by atoms with Crippen molar-refractivity contribution in [3.05, 3.63) is 29.8 Å². The van der Waals surface area contributed by atoms with Gasteiger partial charge in [0.25, 0.3) is 0 Å². The predicted octanol–water partition coefficient (Wildman–Crippen LogP) is 4.62. The van der Waals surface area contributed by atoms with Gasteiger partial charge in [-0.25, -0.2) is 0 Å². The van der Waals surface area contributed by atoms with Crippen LogP contribution in [0.5, 0.6) is 0 Å². The third kappa shape index (κ3) is 3.49. The van der Waals surface area contributed by atoms with Crippen LogP contribution in [-0.4, -0.2) is 6.04 Å². The molecule has 0 heterocycles. The minimum absolute atomic E-state index is 0.486. The zero-order chi connectivity index (χ0) is 12.5. The molecule has 0 radical (unpaired) electrons. The number of hydrogen-bond donors (Lipinski definition) is 1. The van der Waals surface area contributed by atoms with Gasteiger partial charge in [0, 0.05) is 11.7 Å². The van der Waals surface area contributed by atoms with E-state index in [-0.39, 0.29) is 0 Å². The molecular formula is C16H25N. The molecule has 1 aromatic rings. The average molecular weight is 231 g/mol. The molecule has 94 valence electrons. The summed E-state index contributed by atoms with van der Waals surface area (Å²) in [6, 6.07) is 9.39. The lowest BCUT2D eigenvalue weighted by Gasteiger charge is -2.39. The van der Waals surface area contributed by atoms with Crippen molar-refractivity contribution in [2.75, 3.05) is 5.32 Å². The summed E-state index contributed by atoms with van der Waals surface area (Å²) in [7, 11) is 0. The van der Waals surface area contributed by atoms with Gasteiger partial charge in [-0.05, 0) is 49.7 Å². The van der Waals surface area contributed by atoms with Gasteiger partial charge in [-0.2, -0.15) is 0 Å². The van der Waals surface area contributed by atoms with E-state index < -0.39 is 0 Å². The van der Waals surface area contributed by atoms with Crippen molar-refractivity contribution in [1.29, 1.82) is 0 Å². The molecule has 1 nitrogen and oxygen atoms in total. The lowest BCUT2D eigenvalue weighted by atomic mass is 9.70. The molecule has 1 saturated carbocycles. The van der Waals surface area contributed by atoms with Crippen molar-refractivity contribution in [2.45, 2.75) is 53.0 Å². The lowest BCUT2D eigenvalue weighted by Crippen LogP contribution is -2.35. The Bertz CT molecular complexity index is 364. The summed E-state index contributed by atoms with van der Waals surface area (Å²) in [5, 5.41) is 3.69. The van der Waals surface area contributed by atoms with Crippen molar-refractivity contribution in [3.8, 4) is 0 Å². The minimum atomic E-state index is 0.486. The zero-order valence-corrected chi connectivity index (χ0v) is 11.6. The van der Waals surface area contributed by atoms with Crippen LogP contribution in [0.15, 0.2) is 24.3 Å². The largest absolute Gasteiger partial charge is 0.382 e. The Morgan fingerprint density at radius 2 is 1.76 bits per heavy atom. The quantitative estimate of drug-likeness (QED) is 0.783. The third-order valence-electron chi connectivity index (χ3n) is 3.81. The highest BCUT2D eigenvalue weighted by molar-refractivity contribution is 5.45. The third-order valence-corrected chi connectivity index (χ3v) is 3.81. The molecule has 2 atom stereocenters. The molecule has 1 fully saturated rings. The van der Waals surface area contributed by atoms with Crippen LogP contribution in [0, 0.1) is 18.3 Å². The van der Waals surface area contributed by atoms with E-state index in [4.69, 9.17) is 0 Å². The van der Waals surface area contributed by atoms with E-state index >= 15 is 0 Å². The summed E-state index contributed by atoms with van der Waals surface area (Å²) in [5.41, 5.74) is 3.08. The van der Waals surface area contributed by atoms with Crippen LogP contribution in [0.2, 0.25) is 0 Å². The average Bonchev–Trinajstić information content (AvgIpc) is 2.18. The van der Waals surface area contributed by atoms with E-state index in [9.17, 15) is 0 Å². The highest BCUT2D eigenvalue weighted by Crippen LogP contribution is 2.39. The van der Waals surface area contributed by atoms with E-state index in [1.165, 1.54) is 30.5 Å². The monoisotopic (exact) mass is 231 g/mol. The highest BCUT2D eigenvalue weighted by atomic mass is 14.9. The first-order valence-electron chi connectivity index (χ1n) is 6.78. The van der Waals surface area contributed by atoms with Crippen molar-refractivity contribution in [2.24, 2.45) is 11.3 Å². The molecule has 0 saturated heterocycles. The van der Waals surface area contributed by atoms with Crippen LogP contribution in [-0.2, 0) is 0 Å². The standard InChI is InChI=1S/C16H25N/c1-12-5-7-14(8-6-12)17-15-9-13(2)10-16(3,4)11-15/h5-8,13,15,17H,9-11H2,1-4H3. The van der Waals surface area contributed by atoms with Crippen LogP contribution in [0.4, 0.5) is 5.69 Å². The van der Waals surface area contributed by atoms with Gasteiger partial charge in [-0.1, -0.05) is 38.5 Å². The Balaban J connectivity index is 2.01. The molecule has 2 unspecified atom stereocenters. The van der Waals surface area contributed by atoms with Gasteiger partial charge in [0.2, 0.25) is 0 Å². The normalized spacial score (nSPS) is 27.8. The lowest BCUT2D eigenvalue weighted by molar-refractivity contribution is 0.178. The fourth-order valence-electron chi connectivity index (χ4n) is 3.34. The summed E-state index contributed by atoms with van der Waals surface area (Å²) < 4.78 is 0. The molecule has 1 N–H and O–H groups in total. The molecule has 2 rings (SSSR count). The van der Waals surface area contributed by atoms with Crippen LogP contribution >= 0.6 is 0 Å². The molecule has 0 aliphatic heterocycles. The van der Waals surface area contributed by atoms with Gasteiger partial charge in [-0.3, -0.25) is 0 Å². The topological polar surface area (TPSA) is 12.0 Å².